The third-order valence-electron chi connectivity index (χ3n) is 4.41. The van der Waals surface area contributed by atoms with Crippen molar-refractivity contribution in [2.24, 2.45) is 5.92 Å². The fourth-order valence-electron chi connectivity index (χ4n) is 3.11. The first-order valence-electron chi connectivity index (χ1n) is 7.53. The topological polar surface area (TPSA) is 36.3 Å². The van der Waals surface area contributed by atoms with Gasteiger partial charge in [0.15, 0.2) is 5.60 Å². The molecule has 0 bridgehead atoms. The minimum atomic E-state index is -0.794. The first-order chi connectivity index (χ1) is 9.67. The number of nitriles is 1. The molecule has 0 unspecified atom stereocenters. The number of nitrogens with zero attached hydrogens (tertiary/aromatic N) is 2. The Morgan fingerprint density at radius 1 is 1.35 bits per heavy atom. The molecular weight excluding hydrogens is 248 g/mol. The van der Waals surface area contributed by atoms with Crippen molar-refractivity contribution in [2.45, 2.75) is 32.8 Å². The molecule has 0 radical (unpaired) electrons. The van der Waals surface area contributed by atoms with Crippen molar-refractivity contribution in [2.75, 3.05) is 26.2 Å². The van der Waals surface area contributed by atoms with Crippen LogP contribution in [0.15, 0.2) is 24.3 Å². The maximum Gasteiger partial charge on any atom is 0.183 e. The van der Waals surface area contributed by atoms with Gasteiger partial charge in [0.2, 0.25) is 0 Å². The highest BCUT2D eigenvalue weighted by Gasteiger charge is 2.43. The standard InChI is InChI=1S/C17H24N2O/c1-4-19(5-2)12-14(3)17(13-18)16-9-7-6-8-15(16)10-11-20-17/h6-9,14H,4-5,10-12H2,1-3H3/t14-,17-/m0/s1. The van der Waals surface area contributed by atoms with Crippen LogP contribution in [-0.4, -0.2) is 31.1 Å². The highest BCUT2D eigenvalue weighted by Crippen LogP contribution is 2.39. The monoisotopic (exact) mass is 272 g/mol. The average Bonchev–Trinajstić information content (AvgIpc) is 2.51. The van der Waals surface area contributed by atoms with E-state index < -0.39 is 5.60 Å². The predicted octanol–water partition coefficient (Wildman–Crippen LogP) is 2.96. The summed E-state index contributed by atoms with van der Waals surface area (Å²) in [6, 6.07) is 10.7. The fourth-order valence-corrected chi connectivity index (χ4v) is 3.11. The summed E-state index contributed by atoms with van der Waals surface area (Å²) in [6.07, 6.45) is 0.900. The van der Waals surface area contributed by atoms with E-state index in [4.69, 9.17) is 4.74 Å². The number of rotatable bonds is 5. The van der Waals surface area contributed by atoms with Crippen LogP contribution in [0, 0.1) is 17.2 Å². The lowest BCUT2D eigenvalue weighted by Crippen LogP contribution is -2.45. The summed E-state index contributed by atoms with van der Waals surface area (Å²) in [5.41, 5.74) is 1.53. The molecule has 2 rings (SSSR count). The molecular formula is C17H24N2O. The normalized spacial score (nSPS) is 23.1. The van der Waals surface area contributed by atoms with Gasteiger partial charge >= 0.3 is 0 Å². The summed E-state index contributed by atoms with van der Waals surface area (Å²) in [4.78, 5) is 2.35. The second kappa shape index (κ2) is 6.39. The zero-order valence-electron chi connectivity index (χ0n) is 12.7. The van der Waals surface area contributed by atoms with Crippen molar-refractivity contribution in [1.29, 1.82) is 5.26 Å². The van der Waals surface area contributed by atoms with Crippen LogP contribution in [0.1, 0.15) is 31.9 Å². The Bertz CT molecular complexity index is 490. The lowest BCUT2D eigenvalue weighted by molar-refractivity contribution is -0.0615. The van der Waals surface area contributed by atoms with Crippen molar-refractivity contribution >= 4 is 0 Å². The molecule has 1 aromatic carbocycles. The third kappa shape index (κ3) is 2.59. The first-order valence-corrected chi connectivity index (χ1v) is 7.53. The zero-order valence-corrected chi connectivity index (χ0v) is 12.7. The smallest absolute Gasteiger partial charge is 0.183 e. The van der Waals surface area contributed by atoms with Crippen LogP contribution < -0.4 is 0 Å². The molecule has 0 fully saturated rings. The van der Waals surface area contributed by atoms with Crippen molar-refractivity contribution in [3.8, 4) is 6.07 Å². The van der Waals surface area contributed by atoms with E-state index in [0.717, 1.165) is 31.6 Å². The van der Waals surface area contributed by atoms with Crippen LogP contribution in [-0.2, 0) is 16.8 Å². The lowest BCUT2D eigenvalue weighted by Gasteiger charge is -2.39. The maximum atomic E-state index is 9.82. The minimum Gasteiger partial charge on any atom is -0.355 e. The molecule has 0 spiro atoms. The molecule has 3 heteroatoms. The molecule has 3 nitrogen and oxygen atoms in total. The van der Waals surface area contributed by atoms with E-state index in [0.29, 0.717) is 6.61 Å². The Kier molecular flexibility index (Phi) is 4.80. The van der Waals surface area contributed by atoms with E-state index in [1.807, 2.05) is 12.1 Å². The van der Waals surface area contributed by atoms with Crippen LogP contribution >= 0.6 is 0 Å². The van der Waals surface area contributed by atoms with Gasteiger partial charge in [-0.3, -0.25) is 0 Å². The van der Waals surface area contributed by atoms with Crippen molar-refractivity contribution in [3.63, 3.8) is 0 Å². The second-order valence-corrected chi connectivity index (χ2v) is 5.49. The largest absolute Gasteiger partial charge is 0.355 e. The number of benzene rings is 1. The summed E-state index contributed by atoms with van der Waals surface area (Å²) in [5.74, 6) is 0.147. The molecule has 0 saturated heterocycles. The number of hydrogen-bond donors (Lipinski definition) is 0. The third-order valence-corrected chi connectivity index (χ3v) is 4.41. The van der Waals surface area contributed by atoms with Gasteiger partial charge < -0.3 is 9.64 Å². The Hall–Kier alpha value is -1.37. The Morgan fingerprint density at radius 2 is 2.05 bits per heavy atom. The van der Waals surface area contributed by atoms with E-state index in [9.17, 15) is 5.26 Å². The van der Waals surface area contributed by atoms with Gasteiger partial charge in [-0.25, -0.2) is 0 Å². The molecule has 2 atom stereocenters. The van der Waals surface area contributed by atoms with E-state index in [-0.39, 0.29) is 5.92 Å². The van der Waals surface area contributed by atoms with Crippen LogP contribution in [0.3, 0.4) is 0 Å². The number of hydrogen-bond acceptors (Lipinski definition) is 3. The predicted molar refractivity (Wildman–Crippen MR) is 80.3 cm³/mol. The molecule has 0 N–H and O–H groups in total. The van der Waals surface area contributed by atoms with E-state index in [2.05, 4.69) is 43.9 Å². The summed E-state index contributed by atoms with van der Waals surface area (Å²) >= 11 is 0. The molecule has 1 aliphatic rings. The first kappa shape index (κ1) is 15.0. The summed E-state index contributed by atoms with van der Waals surface area (Å²) < 4.78 is 6.01. The molecule has 0 aliphatic carbocycles. The molecule has 1 heterocycles. The quantitative estimate of drug-likeness (QED) is 0.827. The number of fused-ring (bicyclic) bond motifs is 1. The van der Waals surface area contributed by atoms with E-state index >= 15 is 0 Å². The minimum absolute atomic E-state index is 0.147. The van der Waals surface area contributed by atoms with Crippen LogP contribution in [0.4, 0.5) is 0 Å². The molecule has 0 aromatic heterocycles. The molecule has 1 aromatic rings. The fraction of sp³-hybridized carbons (Fsp3) is 0.588. The highest BCUT2D eigenvalue weighted by atomic mass is 16.5. The van der Waals surface area contributed by atoms with Gasteiger partial charge in [-0.05, 0) is 25.1 Å². The van der Waals surface area contributed by atoms with Gasteiger partial charge in [-0.15, -0.1) is 0 Å². The summed E-state index contributed by atoms with van der Waals surface area (Å²) in [7, 11) is 0. The Labute approximate surface area is 122 Å². The average molecular weight is 272 g/mol. The van der Waals surface area contributed by atoms with E-state index in [1.54, 1.807) is 0 Å². The lowest BCUT2D eigenvalue weighted by atomic mass is 9.78. The van der Waals surface area contributed by atoms with Gasteiger partial charge in [0, 0.05) is 18.0 Å². The van der Waals surface area contributed by atoms with Crippen LogP contribution in [0.25, 0.3) is 0 Å². The van der Waals surface area contributed by atoms with Gasteiger partial charge in [0.05, 0.1) is 6.61 Å². The second-order valence-electron chi connectivity index (χ2n) is 5.49. The molecule has 1 aliphatic heterocycles. The Balaban J connectivity index is 2.33. The molecule has 108 valence electrons. The van der Waals surface area contributed by atoms with Crippen molar-refractivity contribution in [3.05, 3.63) is 35.4 Å². The van der Waals surface area contributed by atoms with Gasteiger partial charge in [0.25, 0.3) is 0 Å². The SMILES string of the molecule is CCN(CC)C[C@H](C)[C@]1(C#N)OCCc2ccccc21. The van der Waals surface area contributed by atoms with E-state index in [1.165, 1.54) is 5.56 Å². The molecule has 0 saturated carbocycles. The van der Waals surface area contributed by atoms with Gasteiger partial charge in [-0.2, -0.15) is 5.26 Å². The highest BCUT2D eigenvalue weighted by molar-refractivity contribution is 5.39. The molecule has 20 heavy (non-hydrogen) atoms. The Morgan fingerprint density at radius 3 is 2.70 bits per heavy atom. The van der Waals surface area contributed by atoms with Crippen molar-refractivity contribution in [1.82, 2.24) is 4.90 Å². The summed E-state index contributed by atoms with van der Waals surface area (Å²) in [5, 5.41) is 9.82. The maximum absolute atomic E-state index is 9.82. The van der Waals surface area contributed by atoms with Crippen LogP contribution in [0.2, 0.25) is 0 Å². The van der Waals surface area contributed by atoms with Gasteiger partial charge in [-0.1, -0.05) is 45.0 Å². The molecule has 0 amide bonds. The zero-order chi connectivity index (χ0) is 14.6. The summed E-state index contributed by atoms with van der Waals surface area (Å²) in [6.45, 7) is 9.97. The number of ether oxygens (including phenoxy) is 1. The van der Waals surface area contributed by atoms with Gasteiger partial charge in [0.1, 0.15) is 6.07 Å². The van der Waals surface area contributed by atoms with Crippen LogP contribution in [0.5, 0.6) is 0 Å². The van der Waals surface area contributed by atoms with Crippen molar-refractivity contribution < 1.29 is 4.74 Å².